The van der Waals surface area contributed by atoms with Crippen LogP contribution in [0.4, 0.5) is 4.79 Å². The molecule has 0 aromatic carbocycles. The number of likely N-dealkylation sites (tertiary alicyclic amines) is 1. The summed E-state index contributed by atoms with van der Waals surface area (Å²) in [5.74, 6) is 0. The van der Waals surface area contributed by atoms with Gasteiger partial charge in [0.2, 0.25) is 0 Å². The fraction of sp³-hybridized carbons (Fsp3) is 0.917. The van der Waals surface area contributed by atoms with E-state index in [4.69, 9.17) is 4.74 Å². The predicted octanol–water partition coefficient (Wildman–Crippen LogP) is 2.00. The summed E-state index contributed by atoms with van der Waals surface area (Å²) in [5.41, 5.74) is -0.130. The van der Waals surface area contributed by atoms with Gasteiger partial charge in [0, 0.05) is 19.6 Å². The van der Waals surface area contributed by atoms with Crippen molar-refractivity contribution >= 4 is 6.03 Å². The highest BCUT2D eigenvalue weighted by atomic mass is 16.5. The van der Waals surface area contributed by atoms with E-state index >= 15 is 0 Å². The number of nitrogens with one attached hydrogen (secondary N) is 1. The number of nitrogens with zero attached hydrogens (tertiary/aromatic N) is 1. The van der Waals surface area contributed by atoms with Crippen molar-refractivity contribution in [2.75, 3.05) is 19.6 Å². The second-order valence-electron chi connectivity index (χ2n) is 5.28. The molecular weight excluding hydrogens is 204 g/mol. The van der Waals surface area contributed by atoms with Gasteiger partial charge in [0.05, 0.1) is 11.7 Å². The fourth-order valence-corrected chi connectivity index (χ4v) is 1.98. The number of carbonyl (C=O) groups excluding carboxylic acids is 1. The van der Waals surface area contributed by atoms with Crippen LogP contribution in [-0.4, -0.2) is 42.3 Å². The Kier molecular flexibility index (Phi) is 4.59. The summed E-state index contributed by atoms with van der Waals surface area (Å²) in [6.45, 7) is 10.3. The normalized spacial score (nSPS) is 22.0. The molecule has 1 unspecified atom stereocenters. The molecule has 0 saturated carbocycles. The zero-order chi connectivity index (χ0) is 12.2. The molecule has 94 valence electrons. The van der Waals surface area contributed by atoms with Gasteiger partial charge in [-0.3, -0.25) is 0 Å². The molecule has 2 amide bonds. The second-order valence-corrected chi connectivity index (χ2v) is 5.28. The van der Waals surface area contributed by atoms with Crippen LogP contribution in [0.5, 0.6) is 0 Å². The highest BCUT2D eigenvalue weighted by Crippen LogP contribution is 2.19. The Labute approximate surface area is 98.3 Å². The molecule has 0 aromatic heterocycles. The number of ether oxygens (including phenoxy) is 1. The van der Waals surface area contributed by atoms with Gasteiger partial charge in [0.15, 0.2) is 0 Å². The third-order valence-electron chi connectivity index (χ3n) is 2.51. The monoisotopic (exact) mass is 228 g/mol. The van der Waals surface area contributed by atoms with Crippen LogP contribution in [-0.2, 0) is 4.74 Å². The van der Waals surface area contributed by atoms with E-state index in [-0.39, 0.29) is 17.7 Å². The Morgan fingerprint density at radius 1 is 1.50 bits per heavy atom. The van der Waals surface area contributed by atoms with Crippen molar-refractivity contribution in [1.29, 1.82) is 0 Å². The van der Waals surface area contributed by atoms with E-state index < -0.39 is 0 Å². The molecule has 1 fully saturated rings. The average molecular weight is 228 g/mol. The van der Waals surface area contributed by atoms with E-state index in [1.807, 2.05) is 11.8 Å². The highest BCUT2D eigenvalue weighted by molar-refractivity contribution is 5.74. The van der Waals surface area contributed by atoms with Gasteiger partial charge in [0.1, 0.15) is 0 Å². The van der Waals surface area contributed by atoms with Gasteiger partial charge < -0.3 is 15.0 Å². The molecule has 1 rings (SSSR count). The van der Waals surface area contributed by atoms with Gasteiger partial charge in [-0.2, -0.15) is 0 Å². The standard InChI is InChI=1S/C12H24N2O2/c1-5-13-11(15)14-8-6-7-10(9-14)16-12(2,3)4/h10H,5-9H2,1-4H3,(H,13,15). The van der Waals surface area contributed by atoms with Gasteiger partial charge >= 0.3 is 6.03 Å². The topological polar surface area (TPSA) is 41.6 Å². The molecule has 0 radical (unpaired) electrons. The van der Waals surface area contributed by atoms with Gasteiger partial charge in [-0.15, -0.1) is 0 Å². The van der Waals surface area contributed by atoms with Crippen molar-refractivity contribution in [3.8, 4) is 0 Å². The minimum absolute atomic E-state index is 0.0321. The lowest BCUT2D eigenvalue weighted by atomic mass is 10.1. The Hall–Kier alpha value is -0.770. The van der Waals surface area contributed by atoms with Gasteiger partial charge in [-0.25, -0.2) is 4.79 Å². The summed E-state index contributed by atoms with van der Waals surface area (Å²) in [7, 11) is 0. The molecular formula is C12H24N2O2. The van der Waals surface area contributed by atoms with Crippen LogP contribution in [0, 0.1) is 0 Å². The van der Waals surface area contributed by atoms with Crippen molar-refractivity contribution < 1.29 is 9.53 Å². The lowest BCUT2D eigenvalue weighted by Gasteiger charge is -2.36. The Morgan fingerprint density at radius 2 is 2.19 bits per heavy atom. The number of rotatable bonds is 2. The van der Waals surface area contributed by atoms with Gasteiger partial charge in [0.25, 0.3) is 0 Å². The Balaban J connectivity index is 2.44. The number of hydrogen-bond donors (Lipinski definition) is 1. The van der Waals surface area contributed by atoms with Crippen LogP contribution in [0.2, 0.25) is 0 Å². The smallest absolute Gasteiger partial charge is 0.317 e. The van der Waals surface area contributed by atoms with E-state index in [2.05, 4.69) is 26.1 Å². The first-order valence-corrected chi connectivity index (χ1v) is 6.13. The van der Waals surface area contributed by atoms with Crippen LogP contribution in [0.25, 0.3) is 0 Å². The summed E-state index contributed by atoms with van der Waals surface area (Å²) in [4.78, 5) is 13.5. The number of piperidine rings is 1. The lowest BCUT2D eigenvalue weighted by Crippen LogP contribution is -2.49. The number of urea groups is 1. The van der Waals surface area contributed by atoms with E-state index in [0.29, 0.717) is 13.1 Å². The van der Waals surface area contributed by atoms with Crippen molar-refractivity contribution in [1.82, 2.24) is 10.2 Å². The van der Waals surface area contributed by atoms with Crippen molar-refractivity contribution in [3.05, 3.63) is 0 Å². The number of hydrogen-bond acceptors (Lipinski definition) is 2. The molecule has 4 heteroatoms. The zero-order valence-corrected chi connectivity index (χ0v) is 10.9. The summed E-state index contributed by atoms with van der Waals surface area (Å²) in [6, 6.07) is 0.0321. The maximum absolute atomic E-state index is 11.7. The Morgan fingerprint density at radius 3 is 2.75 bits per heavy atom. The molecule has 0 bridgehead atoms. The first kappa shape index (κ1) is 13.3. The summed E-state index contributed by atoms with van der Waals surface area (Å²) in [6.07, 6.45) is 2.25. The first-order valence-electron chi connectivity index (χ1n) is 6.13. The Bertz CT molecular complexity index is 236. The fourth-order valence-electron chi connectivity index (χ4n) is 1.98. The number of amides is 2. The predicted molar refractivity (Wildman–Crippen MR) is 64.5 cm³/mol. The first-order chi connectivity index (χ1) is 7.42. The van der Waals surface area contributed by atoms with E-state index in [9.17, 15) is 4.79 Å². The minimum Gasteiger partial charge on any atom is -0.371 e. The lowest BCUT2D eigenvalue weighted by molar-refractivity contribution is -0.0806. The summed E-state index contributed by atoms with van der Waals surface area (Å²) >= 11 is 0. The van der Waals surface area contributed by atoms with Crippen LogP contribution in [0.1, 0.15) is 40.5 Å². The minimum atomic E-state index is -0.130. The van der Waals surface area contributed by atoms with Crippen molar-refractivity contribution in [2.24, 2.45) is 0 Å². The molecule has 0 aromatic rings. The molecule has 1 aliphatic heterocycles. The molecule has 1 atom stereocenters. The highest BCUT2D eigenvalue weighted by Gasteiger charge is 2.26. The molecule has 1 heterocycles. The molecule has 4 nitrogen and oxygen atoms in total. The van der Waals surface area contributed by atoms with Crippen molar-refractivity contribution in [2.45, 2.75) is 52.2 Å². The number of carbonyl (C=O) groups is 1. The molecule has 0 aliphatic carbocycles. The third-order valence-corrected chi connectivity index (χ3v) is 2.51. The van der Waals surface area contributed by atoms with Gasteiger partial charge in [-0.05, 0) is 40.5 Å². The third kappa shape index (κ3) is 4.39. The molecule has 16 heavy (non-hydrogen) atoms. The average Bonchev–Trinajstić information content (AvgIpc) is 2.16. The van der Waals surface area contributed by atoms with Crippen LogP contribution >= 0.6 is 0 Å². The maximum atomic E-state index is 11.7. The largest absolute Gasteiger partial charge is 0.371 e. The van der Waals surface area contributed by atoms with Crippen LogP contribution < -0.4 is 5.32 Å². The molecule has 0 spiro atoms. The van der Waals surface area contributed by atoms with Gasteiger partial charge in [-0.1, -0.05) is 0 Å². The van der Waals surface area contributed by atoms with Crippen LogP contribution in [0.3, 0.4) is 0 Å². The quantitative estimate of drug-likeness (QED) is 0.785. The second kappa shape index (κ2) is 5.53. The molecule has 1 aliphatic rings. The van der Waals surface area contributed by atoms with E-state index in [1.54, 1.807) is 0 Å². The summed E-state index contributed by atoms with van der Waals surface area (Å²) in [5, 5.41) is 2.83. The maximum Gasteiger partial charge on any atom is 0.317 e. The van der Waals surface area contributed by atoms with Crippen molar-refractivity contribution in [3.63, 3.8) is 0 Å². The van der Waals surface area contributed by atoms with E-state index in [1.165, 1.54) is 0 Å². The summed E-state index contributed by atoms with van der Waals surface area (Å²) < 4.78 is 5.92. The van der Waals surface area contributed by atoms with E-state index in [0.717, 1.165) is 19.4 Å². The SMILES string of the molecule is CCNC(=O)N1CCCC(OC(C)(C)C)C1. The zero-order valence-electron chi connectivity index (χ0n) is 10.9. The van der Waals surface area contributed by atoms with Crippen LogP contribution in [0.15, 0.2) is 0 Å². The molecule has 1 N–H and O–H groups in total. The molecule has 1 saturated heterocycles.